The van der Waals surface area contributed by atoms with Crippen LogP contribution < -0.4 is 10.5 Å². The molecule has 1 aliphatic rings. The molecule has 0 amide bonds. The maximum Gasteiger partial charge on any atom is 0.161 e. The van der Waals surface area contributed by atoms with Crippen molar-refractivity contribution < 1.29 is 9.84 Å². The second kappa shape index (κ2) is 4.22. The van der Waals surface area contributed by atoms with E-state index in [1.165, 1.54) is 5.56 Å². The third-order valence-corrected chi connectivity index (χ3v) is 3.79. The van der Waals surface area contributed by atoms with Gasteiger partial charge >= 0.3 is 0 Å². The molecule has 0 heterocycles. The van der Waals surface area contributed by atoms with E-state index in [-0.39, 0.29) is 11.2 Å². The van der Waals surface area contributed by atoms with Gasteiger partial charge < -0.3 is 15.6 Å². The maximum atomic E-state index is 10.3. The summed E-state index contributed by atoms with van der Waals surface area (Å²) in [5, 5.41) is 10.3. The van der Waals surface area contributed by atoms with Gasteiger partial charge in [-0.2, -0.15) is 0 Å². The van der Waals surface area contributed by atoms with Gasteiger partial charge in [-0.3, -0.25) is 0 Å². The zero-order valence-corrected chi connectivity index (χ0v) is 10.8. The Balaban J connectivity index is 2.60. The van der Waals surface area contributed by atoms with Gasteiger partial charge in [0.25, 0.3) is 0 Å². The molecule has 0 unspecified atom stereocenters. The second-order valence-corrected chi connectivity index (χ2v) is 5.22. The fourth-order valence-corrected chi connectivity index (χ4v) is 2.50. The maximum absolute atomic E-state index is 10.3. The SMILES string of the molecule is COc1ccc(C(C)C)c(C2(CN)CC2)c1O. The minimum atomic E-state index is -0.0156. The van der Waals surface area contributed by atoms with Crippen LogP contribution in [0.25, 0.3) is 0 Å². The highest BCUT2D eigenvalue weighted by Crippen LogP contribution is 2.54. The fraction of sp³-hybridized carbons (Fsp3) is 0.571. The summed E-state index contributed by atoms with van der Waals surface area (Å²) in [6.07, 6.45) is 2.12. The van der Waals surface area contributed by atoms with Gasteiger partial charge in [0, 0.05) is 17.5 Å². The van der Waals surface area contributed by atoms with Gasteiger partial charge in [-0.1, -0.05) is 19.9 Å². The van der Waals surface area contributed by atoms with Crippen molar-refractivity contribution in [2.24, 2.45) is 5.73 Å². The molecule has 0 spiro atoms. The van der Waals surface area contributed by atoms with Gasteiger partial charge in [0.15, 0.2) is 11.5 Å². The number of ether oxygens (including phenoxy) is 1. The largest absolute Gasteiger partial charge is 0.504 e. The average molecular weight is 235 g/mol. The quantitative estimate of drug-likeness (QED) is 0.843. The Morgan fingerprint density at radius 2 is 2.06 bits per heavy atom. The van der Waals surface area contributed by atoms with E-state index in [1.54, 1.807) is 7.11 Å². The summed E-state index contributed by atoms with van der Waals surface area (Å²) in [5.41, 5.74) is 8.06. The average Bonchev–Trinajstić information content (AvgIpc) is 3.09. The van der Waals surface area contributed by atoms with Crippen molar-refractivity contribution >= 4 is 0 Å². The third kappa shape index (κ3) is 1.89. The van der Waals surface area contributed by atoms with Gasteiger partial charge in [0.2, 0.25) is 0 Å². The van der Waals surface area contributed by atoms with Crippen LogP contribution in [0.4, 0.5) is 0 Å². The van der Waals surface area contributed by atoms with Crippen molar-refractivity contribution in [3.05, 3.63) is 23.3 Å². The van der Waals surface area contributed by atoms with Gasteiger partial charge in [-0.05, 0) is 30.4 Å². The number of methoxy groups -OCH3 is 1. The van der Waals surface area contributed by atoms with Gasteiger partial charge in [0.05, 0.1) is 7.11 Å². The molecule has 1 fully saturated rings. The molecule has 2 rings (SSSR count). The summed E-state index contributed by atoms with van der Waals surface area (Å²) in [6.45, 7) is 4.86. The number of hydrogen-bond acceptors (Lipinski definition) is 3. The van der Waals surface area contributed by atoms with Crippen LogP contribution in [0.15, 0.2) is 12.1 Å². The highest BCUT2D eigenvalue weighted by atomic mass is 16.5. The predicted molar refractivity (Wildman–Crippen MR) is 68.7 cm³/mol. The summed E-state index contributed by atoms with van der Waals surface area (Å²) >= 11 is 0. The van der Waals surface area contributed by atoms with Crippen molar-refractivity contribution in [2.45, 2.75) is 38.0 Å². The number of nitrogens with two attached hydrogens (primary N) is 1. The van der Waals surface area contributed by atoms with Crippen LogP contribution in [0.5, 0.6) is 11.5 Å². The van der Waals surface area contributed by atoms with E-state index >= 15 is 0 Å². The summed E-state index contributed by atoms with van der Waals surface area (Å²) in [7, 11) is 1.58. The minimum Gasteiger partial charge on any atom is -0.504 e. The molecular weight excluding hydrogens is 214 g/mol. The first-order valence-electron chi connectivity index (χ1n) is 6.16. The smallest absolute Gasteiger partial charge is 0.161 e. The zero-order valence-electron chi connectivity index (χ0n) is 10.8. The molecule has 0 bridgehead atoms. The molecule has 1 saturated carbocycles. The molecule has 0 saturated heterocycles. The van der Waals surface area contributed by atoms with E-state index < -0.39 is 0 Å². The molecule has 3 heteroatoms. The first kappa shape index (κ1) is 12.2. The minimum absolute atomic E-state index is 0.0156. The monoisotopic (exact) mass is 235 g/mol. The van der Waals surface area contributed by atoms with Gasteiger partial charge in [0.1, 0.15) is 0 Å². The Hall–Kier alpha value is -1.22. The molecule has 3 N–H and O–H groups in total. The van der Waals surface area contributed by atoms with E-state index in [9.17, 15) is 5.11 Å². The van der Waals surface area contributed by atoms with Crippen LogP contribution in [0.1, 0.15) is 43.7 Å². The van der Waals surface area contributed by atoms with Crippen molar-refractivity contribution in [1.29, 1.82) is 0 Å². The normalized spacial score (nSPS) is 17.2. The molecule has 17 heavy (non-hydrogen) atoms. The second-order valence-electron chi connectivity index (χ2n) is 5.22. The van der Waals surface area contributed by atoms with E-state index in [0.717, 1.165) is 18.4 Å². The molecule has 0 aliphatic heterocycles. The van der Waals surface area contributed by atoms with Crippen molar-refractivity contribution in [3.63, 3.8) is 0 Å². The fourth-order valence-electron chi connectivity index (χ4n) is 2.50. The van der Waals surface area contributed by atoms with E-state index in [1.807, 2.05) is 12.1 Å². The Morgan fingerprint density at radius 3 is 2.47 bits per heavy atom. The van der Waals surface area contributed by atoms with Crippen LogP contribution in [0.3, 0.4) is 0 Å². The van der Waals surface area contributed by atoms with E-state index in [2.05, 4.69) is 13.8 Å². The molecule has 94 valence electrons. The Bertz CT molecular complexity index is 422. The molecule has 0 atom stereocenters. The predicted octanol–water partition coefficient (Wildman–Crippen LogP) is 2.51. The van der Waals surface area contributed by atoms with Crippen molar-refractivity contribution in [1.82, 2.24) is 0 Å². The Morgan fingerprint density at radius 1 is 1.41 bits per heavy atom. The lowest BCUT2D eigenvalue weighted by Gasteiger charge is -2.22. The molecular formula is C14H21NO2. The molecule has 1 aromatic carbocycles. The lowest BCUT2D eigenvalue weighted by molar-refractivity contribution is 0.366. The molecule has 0 radical (unpaired) electrons. The number of aromatic hydroxyl groups is 1. The molecule has 0 aromatic heterocycles. The number of phenols is 1. The highest BCUT2D eigenvalue weighted by molar-refractivity contribution is 5.56. The van der Waals surface area contributed by atoms with Crippen LogP contribution in [-0.4, -0.2) is 18.8 Å². The van der Waals surface area contributed by atoms with E-state index in [0.29, 0.717) is 18.2 Å². The lowest BCUT2D eigenvalue weighted by Crippen LogP contribution is -2.22. The van der Waals surface area contributed by atoms with Gasteiger partial charge in [-0.25, -0.2) is 0 Å². The van der Waals surface area contributed by atoms with Crippen molar-refractivity contribution in [3.8, 4) is 11.5 Å². The molecule has 1 aromatic rings. The topological polar surface area (TPSA) is 55.5 Å². The Kier molecular flexibility index (Phi) is 3.04. The van der Waals surface area contributed by atoms with Gasteiger partial charge in [-0.15, -0.1) is 0 Å². The van der Waals surface area contributed by atoms with Crippen LogP contribution >= 0.6 is 0 Å². The van der Waals surface area contributed by atoms with Crippen LogP contribution in [0.2, 0.25) is 0 Å². The highest BCUT2D eigenvalue weighted by Gasteiger charge is 2.46. The lowest BCUT2D eigenvalue weighted by atomic mass is 9.85. The summed E-state index contributed by atoms with van der Waals surface area (Å²) < 4.78 is 5.20. The number of benzene rings is 1. The van der Waals surface area contributed by atoms with Crippen LogP contribution in [0, 0.1) is 0 Å². The number of rotatable bonds is 4. The van der Waals surface area contributed by atoms with Crippen LogP contribution in [-0.2, 0) is 5.41 Å². The molecule has 1 aliphatic carbocycles. The zero-order chi connectivity index (χ0) is 12.6. The summed E-state index contributed by atoms with van der Waals surface area (Å²) in [4.78, 5) is 0. The summed E-state index contributed by atoms with van der Waals surface area (Å²) in [6, 6.07) is 3.88. The first-order valence-corrected chi connectivity index (χ1v) is 6.16. The van der Waals surface area contributed by atoms with Crippen molar-refractivity contribution in [2.75, 3.05) is 13.7 Å². The standard InChI is InChI=1S/C14H21NO2/c1-9(2)10-4-5-11(17-3)13(16)12(10)14(8-15)6-7-14/h4-5,9,16H,6-8,15H2,1-3H3. The number of hydrogen-bond donors (Lipinski definition) is 2. The summed E-state index contributed by atoms with van der Waals surface area (Å²) in [5.74, 6) is 1.21. The molecule has 3 nitrogen and oxygen atoms in total. The Labute approximate surface area is 103 Å². The van der Waals surface area contributed by atoms with E-state index in [4.69, 9.17) is 10.5 Å². The third-order valence-electron chi connectivity index (χ3n) is 3.79. The number of phenolic OH excluding ortho intramolecular Hbond substituents is 1. The first-order chi connectivity index (χ1) is 8.05.